The second kappa shape index (κ2) is 7.40. The molecule has 0 spiro atoms. The van der Waals surface area contributed by atoms with Gasteiger partial charge < -0.3 is 19.1 Å². The molecular formula is C17H23ClF3O4Si-. The van der Waals surface area contributed by atoms with E-state index in [0.717, 1.165) is 0 Å². The molecule has 0 aliphatic rings. The average molecular weight is 412 g/mol. The van der Waals surface area contributed by atoms with Gasteiger partial charge in [0.15, 0.2) is 13.9 Å². The Bertz CT molecular complexity index is 671. The summed E-state index contributed by atoms with van der Waals surface area (Å²) in [5.41, 5.74) is -4.19. The molecule has 0 saturated heterocycles. The van der Waals surface area contributed by atoms with Crippen LogP contribution in [-0.4, -0.2) is 33.2 Å². The van der Waals surface area contributed by atoms with Gasteiger partial charge >= 0.3 is 6.18 Å². The van der Waals surface area contributed by atoms with Gasteiger partial charge in [-0.15, -0.1) is 0 Å². The van der Waals surface area contributed by atoms with Gasteiger partial charge in [0.1, 0.15) is 5.75 Å². The van der Waals surface area contributed by atoms with Crippen molar-refractivity contribution in [3.05, 3.63) is 28.8 Å². The molecule has 0 aliphatic heterocycles. The molecule has 1 rings (SSSR count). The minimum absolute atomic E-state index is 0.286. The summed E-state index contributed by atoms with van der Waals surface area (Å²) in [6.07, 6.45) is -5.99. The zero-order valence-corrected chi connectivity index (χ0v) is 17.3. The minimum Gasteiger partial charge on any atom is -0.547 e. The number of carbonyl (C=O) groups excluding carboxylic acids is 1. The number of carboxylic acid groups (broad SMARTS) is 1. The van der Waals surface area contributed by atoms with Gasteiger partial charge in [-0.1, -0.05) is 31.5 Å². The SMILES string of the molecule is COc1cc(C(C)(C)CC(O[Si](C)(C)C)(C(=O)[O-])C(F)(F)F)ccc1Cl. The van der Waals surface area contributed by atoms with E-state index in [1.807, 2.05) is 0 Å². The second-order valence-electron chi connectivity index (χ2n) is 7.74. The Morgan fingerprint density at radius 2 is 1.77 bits per heavy atom. The van der Waals surface area contributed by atoms with E-state index in [1.54, 1.807) is 0 Å². The van der Waals surface area contributed by atoms with Gasteiger partial charge in [0, 0.05) is 0 Å². The van der Waals surface area contributed by atoms with E-state index in [0.29, 0.717) is 10.6 Å². The van der Waals surface area contributed by atoms with Crippen LogP contribution in [0.5, 0.6) is 5.75 Å². The molecule has 0 radical (unpaired) electrons. The number of ether oxygens (including phenoxy) is 1. The van der Waals surface area contributed by atoms with E-state index in [2.05, 4.69) is 0 Å². The molecule has 0 heterocycles. The molecule has 0 N–H and O–H groups in total. The lowest BCUT2D eigenvalue weighted by Gasteiger charge is -2.45. The number of benzene rings is 1. The number of halogens is 4. The van der Waals surface area contributed by atoms with Crippen LogP contribution in [-0.2, 0) is 14.6 Å². The van der Waals surface area contributed by atoms with Gasteiger partial charge in [-0.3, -0.25) is 0 Å². The van der Waals surface area contributed by atoms with E-state index in [4.69, 9.17) is 20.8 Å². The van der Waals surface area contributed by atoms with Crippen molar-refractivity contribution in [1.29, 1.82) is 0 Å². The van der Waals surface area contributed by atoms with E-state index in [1.165, 1.54) is 58.8 Å². The molecule has 1 unspecified atom stereocenters. The van der Waals surface area contributed by atoms with Crippen molar-refractivity contribution < 1.29 is 32.2 Å². The number of alkyl halides is 3. The summed E-state index contributed by atoms with van der Waals surface area (Å²) < 4.78 is 51.8. The molecule has 1 aromatic carbocycles. The van der Waals surface area contributed by atoms with Gasteiger partial charge in [0.05, 0.1) is 18.1 Å². The Balaban J connectivity index is 3.47. The Morgan fingerprint density at radius 1 is 1.23 bits per heavy atom. The van der Waals surface area contributed by atoms with Crippen molar-refractivity contribution in [1.82, 2.24) is 0 Å². The Hall–Kier alpha value is -1.25. The highest BCUT2D eigenvalue weighted by Gasteiger charge is 2.60. The summed E-state index contributed by atoms with van der Waals surface area (Å²) in [5, 5.41) is 12.0. The number of carbonyl (C=O) groups is 1. The Morgan fingerprint density at radius 3 is 2.15 bits per heavy atom. The van der Waals surface area contributed by atoms with E-state index in [9.17, 15) is 23.1 Å². The number of hydrogen-bond donors (Lipinski definition) is 0. The quantitative estimate of drug-likeness (QED) is 0.638. The zero-order valence-electron chi connectivity index (χ0n) is 15.6. The largest absolute Gasteiger partial charge is 0.547 e. The van der Waals surface area contributed by atoms with Crippen LogP contribution in [0.2, 0.25) is 24.7 Å². The predicted molar refractivity (Wildman–Crippen MR) is 93.9 cm³/mol. The van der Waals surface area contributed by atoms with E-state index >= 15 is 0 Å². The van der Waals surface area contributed by atoms with Crippen molar-refractivity contribution >= 4 is 25.9 Å². The molecule has 0 bridgehead atoms. The highest BCUT2D eigenvalue weighted by molar-refractivity contribution is 6.70. The normalized spacial score (nSPS) is 15.5. The van der Waals surface area contributed by atoms with Gasteiger partial charge in [0.25, 0.3) is 0 Å². The van der Waals surface area contributed by atoms with Crippen LogP contribution in [0, 0.1) is 0 Å². The van der Waals surface area contributed by atoms with E-state index in [-0.39, 0.29) is 5.75 Å². The van der Waals surface area contributed by atoms with Crippen LogP contribution in [0.25, 0.3) is 0 Å². The first-order valence-corrected chi connectivity index (χ1v) is 11.7. The molecule has 1 atom stereocenters. The third-order valence-corrected chi connectivity index (χ3v) is 5.16. The van der Waals surface area contributed by atoms with Gasteiger partial charge in [-0.05, 0) is 49.2 Å². The van der Waals surface area contributed by atoms with E-state index < -0.39 is 37.9 Å². The summed E-state index contributed by atoms with van der Waals surface area (Å²) in [6.45, 7) is 7.50. The molecule has 0 aromatic heterocycles. The summed E-state index contributed by atoms with van der Waals surface area (Å²) in [7, 11) is -1.50. The van der Waals surface area contributed by atoms with Crippen LogP contribution in [0.15, 0.2) is 18.2 Å². The predicted octanol–water partition coefficient (Wildman–Crippen LogP) is 3.92. The first-order valence-electron chi connectivity index (χ1n) is 7.88. The Kier molecular flexibility index (Phi) is 6.49. The van der Waals surface area contributed by atoms with Crippen LogP contribution in [0.3, 0.4) is 0 Å². The molecule has 0 fully saturated rings. The summed E-state index contributed by atoms with van der Waals surface area (Å²) in [6, 6.07) is 4.52. The molecule has 148 valence electrons. The fourth-order valence-corrected chi connectivity index (χ4v) is 4.26. The molecule has 4 nitrogen and oxygen atoms in total. The number of aliphatic carboxylic acids is 1. The zero-order chi connectivity index (χ0) is 20.6. The van der Waals surface area contributed by atoms with Crippen molar-refractivity contribution in [2.24, 2.45) is 0 Å². The first-order chi connectivity index (χ1) is 11.6. The fraction of sp³-hybridized carbons (Fsp3) is 0.588. The monoisotopic (exact) mass is 411 g/mol. The minimum atomic E-state index is -5.14. The summed E-state index contributed by atoms with van der Waals surface area (Å²) >= 11 is 5.96. The van der Waals surface area contributed by atoms with Crippen LogP contribution in [0.4, 0.5) is 13.2 Å². The van der Waals surface area contributed by atoms with Crippen LogP contribution < -0.4 is 9.84 Å². The molecule has 0 amide bonds. The lowest BCUT2D eigenvalue weighted by Crippen LogP contribution is -2.65. The highest BCUT2D eigenvalue weighted by atomic mass is 35.5. The maximum atomic E-state index is 13.8. The van der Waals surface area contributed by atoms with Gasteiger partial charge in [-0.25, -0.2) is 0 Å². The molecule has 0 saturated carbocycles. The third-order valence-electron chi connectivity index (χ3n) is 3.89. The molecular weight excluding hydrogens is 389 g/mol. The van der Waals surface area contributed by atoms with Crippen molar-refractivity contribution in [2.45, 2.75) is 57.1 Å². The number of methoxy groups -OCH3 is 1. The lowest BCUT2D eigenvalue weighted by molar-refractivity contribution is -0.353. The number of carboxylic acids is 1. The average Bonchev–Trinajstić information content (AvgIpc) is 2.43. The molecule has 1 aromatic rings. The second-order valence-corrected chi connectivity index (χ2v) is 12.6. The smallest absolute Gasteiger partial charge is 0.421 e. The van der Waals surface area contributed by atoms with Crippen molar-refractivity contribution in [3.8, 4) is 5.75 Å². The van der Waals surface area contributed by atoms with Crippen LogP contribution >= 0.6 is 11.6 Å². The van der Waals surface area contributed by atoms with Crippen LogP contribution in [0.1, 0.15) is 25.8 Å². The number of rotatable bonds is 7. The third kappa shape index (κ3) is 4.92. The highest BCUT2D eigenvalue weighted by Crippen LogP contribution is 2.45. The summed E-state index contributed by atoms with van der Waals surface area (Å²) in [4.78, 5) is 11.7. The lowest BCUT2D eigenvalue weighted by atomic mass is 9.75. The maximum Gasteiger partial charge on any atom is 0.421 e. The molecule has 26 heavy (non-hydrogen) atoms. The topological polar surface area (TPSA) is 58.6 Å². The molecule has 9 heteroatoms. The first kappa shape index (κ1) is 22.8. The summed E-state index contributed by atoms with van der Waals surface area (Å²) in [5.74, 6) is -2.00. The van der Waals surface area contributed by atoms with Crippen molar-refractivity contribution in [3.63, 3.8) is 0 Å². The van der Waals surface area contributed by atoms with Gasteiger partial charge in [0.2, 0.25) is 0 Å². The maximum absolute atomic E-state index is 13.8. The standard InChI is InChI=1S/C17H24ClF3O4Si/c1-15(2,11-7-8-12(18)13(9-11)24-3)10-16(14(22)23,17(19,20)21)25-26(4,5)6/h7-9H,10H2,1-6H3,(H,22,23)/p-1. The van der Waals surface area contributed by atoms with Gasteiger partial charge in [-0.2, -0.15) is 13.2 Å². The fourth-order valence-electron chi connectivity index (χ4n) is 2.75. The van der Waals surface area contributed by atoms with Crippen molar-refractivity contribution in [2.75, 3.05) is 7.11 Å². The molecule has 0 aliphatic carbocycles. The Labute approximate surface area is 157 Å². The number of hydrogen-bond acceptors (Lipinski definition) is 4.